The van der Waals surface area contributed by atoms with Gasteiger partial charge in [0.05, 0.1) is 11.1 Å². The summed E-state index contributed by atoms with van der Waals surface area (Å²) in [6.45, 7) is 3.27. The molecule has 25 heavy (non-hydrogen) atoms. The first-order valence-electron chi connectivity index (χ1n) is 7.32. The summed E-state index contributed by atoms with van der Waals surface area (Å²) in [7, 11) is 0. The molecular weight excluding hydrogens is 346 g/mol. The maximum Gasteiger partial charge on any atom is 0.277 e. The Labute approximate surface area is 149 Å². The van der Waals surface area contributed by atoms with Crippen molar-refractivity contribution >= 4 is 29.4 Å². The van der Waals surface area contributed by atoms with Gasteiger partial charge in [-0.05, 0) is 37.6 Å². The van der Waals surface area contributed by atoms with Crippen molar-refractivity contribution in [1.82, 2.24) is 5.43 Å². The first-order valence-corrected chi connectivity index (χ1v) is 7.70. The summed E-state index contributed by atoms with van der Waals surface area (Å²) in [6.07, 6.45) is 1.33. The number of aryl methyl sites for hydroxylation is 2. The Kier molecular flexibility index (Phi) is 6.08. The van der Waals surface area contributed by atoms with E-state index in [1.165, 1.54) is 12.3 Å². The quantitative estimate of drug-likeness (QED) is 0.484. The smallest absolute Gasteiger partial charge is 0.277 e. The predicted molar refractivity (Wildman–Crippen MR) is 95.3 cm³/mol. The minimum absolute atomic E-state index is 0.00304. The van der Waals surface area contributed by atoms with Crippen LogP contribution in [-0.2, 0) is 4.79 Å². The minimum atomic E-state index is -0.465. The molecule has 0 heterocycles. The first-order chi connectivity index (χ1) is 11.9. The van der Waals surface area contributed by atoms with Crippen LogP contribution in [0.15, 0.2) is 41.5 Å². The number of hydrogen-bond acceptors (Lipinski definition) is 5. The number of carbonyl (C=O) groups excluding carboxylic acids is 1. The Balaban J connectivity index is 1.89. The highest BCUT2D eigenvalue weighted by Crippen LogP contribution is 2.21. The lowest BCUT2D eigenvalue weighted by Gasteiger charge is -2.06. The van der Waals surface area contributed by atoms with Crippen LogP contribution in [0.3, 0.4) is 0 Å². The molecule has 0 spiro atoms. The summed E-state index contributed by atoms with van der Waals surface area (Å²) in [6, 6.07) is 9.75. The molecule has 8 heteroatoms. The van der Waals surface area contributed by atoms with Crippen LogP contribution in [0.4, 0.5) is 5.69 Å². The molecule has 0 aliphatic heterocycles. The maximum atomic E-state index is 11.7. The molecule has 0 unspecified atom stereocenters. The van der Waals surface area contributed by atoms with Crippen molar-refractivity contribution in [3.8, 4) is 5.75 Å². The number of nitro groups is 1. The molecule has 7 nitrogen and oxygen atoms in total. The van der Waals surface area contributed by atoms with Gasteiger partial charge >= 0.3 is 0 Å². The van der Waals surface area contributed by atoms with Gasteiger partial charge in [-0.2, -0.15) is 5.10 Å². The molecule has 0 saturated heterocycles. The number of benzene rings is 2. The summed E-state index contributed by atoms with van der Waals surface area (Å²) < 4.78 is 5.34. The van der Waals surface area contributed by atoms with Gasteiger partial charge in [0, 0.05) is 22.2 Å². The van der Waals surface area contributed by atoms with E-state index >= 15 is 0 Å². The summed E-state index contributed by atoms with van der Waals surface area (Å²) >= 11 is 5.91. The molecule has 2 rings (SSSR count). The highest BCUT2D eigenvalue weighted by atomic mass is 35.5. The molecule has 0 bridgehead atoms. The molecule has 0 aliphatic carbocycles. The second-order valence-electron chi connectivity index (χ2n) is 5.30. The number of nitrogens with zero attached hydrogens (tertiary/aromatic N) is 2. The second kappa shape index (κ2) is 8.25. The summed E-state index contributed by atoms with van der Waals surface area (Å²) in [5.74, 6) is 0.0700. The zero-order valence-corrected chi connectivity index (χ0v) is 14.4. The van der Waals surface area contributed by atoms with Gasteiger partial charge in [-0.1, -0.05) is 23.7 Å². The molecule has 1 N–H and O–H groups in total. The lowest BCUT2D eigenvalue weighted by atomic mass is 10.1. The molecule has 2 aromatic rings. The van der Waals surface area contributed by atoms with Gasteiger partial charge in [-0.25, -0.2) is 5.43 Å². The largest absolute Gasteiger partial charge is 0.484 e. The third-order valence-corrected chi connectivity index (χ3v) is 3.76. The zero-order chi connectivity index (χ0) is 18.4. The summed E-state index contributed by atoms with van der Waals surface area (Å²) in [5.41, 5.74) is 4.20. The van der Waals surface area contributed by atoms with E-state index in [0.29, 0.717) is 21.9 Å². The van der Waals surface area contributed by atoms with Crippen LogP contribution in [0.25, 0.3) is 0 Å². The molecule has 2 aromatic carbocycles. The number of hydrazone groups is 1. The van der Waals surface area contributed by atoms with Gasteiger partial charge in [0.2, 0.25) is 0 Å². The number of rotatable bonds is 6. The molecule has 130 valence electrons. The van der Waals surface area contributed by atoms with E-state index in [0.717, 1.165) is 5.56 Å². The van der Waals surface area contributed by atoms with Crippen molar-refractivity contribution in [2.45, 2.75) is 13.8 Å². The number of carbonyl (C=O) groups is 1. The standard InChI is InChI=1S/C17H16ClN3O4/c1-11-3-4-13(8-16(11)21(23)24)9-19-20-17(22)10-25-14-5-6-15(18)12(2)7-14/h3-9H,10H2,1-2H3,(H,20,22)/b19-9-. The van der Waals surface area contributed by atoms with E-state index in [9.17, 15) is 14.9 Å². The van der Waals surface area contributed by atoms with Gasteiger partial charge in [-0.3, -0.25) is 14.9 Å². The van der Waals surface area contributed by atoms with E-state index < -0.39 is 10.8 Å². The van der Waals surface area contributed by atoms with Crippen LogP contribution >= 0.6 is 11.6 Å². The van der Waals surface area contributed by atoms with E-state index in [4.69, 9.17) is 16.3 Å². The number of ether oxygens (including phenoxy) is 1. The van der Waals surface area contributed by atoms with Crippen molar-refractivity contribution in [2.24, 2.45) is 5.10 Å². The van der Waals surface area contributed by atoms with E-state index in [-0.39, 0.29) is 12.3 Å². The summed E-state index contributed by atoms with van der Waals surface area (Å²) in [4.78, 5) is 22.1. The van der Waals surface area contributed by atoms with Gasteiger partial charge in [0.15, 0.2) is 6.61 Å². The lowest BCUT2D eigenvalue weighted by molar-refractivity contribution is -0.385. The fourth-order valence-corrected chi connectivity index (χ4v) is 2.09. The Bertz CT molecular complexity index is 837. The molecule has 0 radical (unpaired) electrons. The molecule has 0 aromatic heterocycles. The molecule has 1 amide bonds. The van der Waals surface area contributed by atoms with Crippen molar-refractivity contribution in [1.29, 1.82) is 0 Å². The van der Waals surface area contributed by atoms with Crippen LogP contribution < -0.4 is 10.2 Å². The van der Waals surface area contributed by atoms with Gasteiger partial charge in [0.1, 0.15) is 5.75 Å². The zero-order valence-electron chi connectivity index (χ0n) is 13.7. The Morgan fingerprint density at radius 2 is 2.04 bits per heavy atom. The van der Waals surface area contributed by atoms with Crippen LogP contribution in [0, 0.1) is 24.0 Å². The number of nitrogens with one attached hydrogen (secondary N) is 1. The normalized spacial score (nSPS) is 10.7. The fraction of sp³-hybridized carbons (Fsp3) is 0.176. The number of hydrogen-bond donors (Lipinski definition) is 1. The number of amides is 1. The van der Waals surface area contributed by atoms with Gasteiger partial charge in [0.25, 0.3) is 11.6 Å². The lowest BCUT2D eigenvalue weighted by Crippen LogP contribution is -2.24. The predicted octanol–water partition coefficient (Wildman–Crippen LogP) is 3.39. The van der Waals surface area contributed by atoms with Crippen molar-refractivity contribution < 1.29 is 14.5 Å². The van der Waals surface area contributed by atoms with Crippen LogP contribution in [0.1, 0.15) is 16.7 Å². The van der Waals surface area contributed by atoms with E-state index in [2.05, 4.69) is 10.5 Å². The molecule has 0 saturated carbocycles. The maximum absolute atomic E-state index is 11.7. The van der Waals surface area contributed by atoms with Crippen LogP contribution in [0.5, 0.6) is 5.75 Å². The van der Waals surface area contributed by atoms with Gasteiger partial charge in [-0.15, -0.1) is 0 Å². The average Bonchev–Trinajstić information content (AvgIpc) is 2.57. The van der Waals surface area contributed by atoms with E-state index in [1.54, 1.807) is 37.3 Å². The average molecular weight is 362 g/mol. The highest BCUT2D eigenvalue weighted by molar-refractivity contribution is 6.31. The van der Waals surface area contributed by atoms with Crippen molar-refractivity contribution in [3.05, 3.63) is 68.2 Å². The molecule has 0 fully saturated rings. The van der Waals surface area contributed by atoms with Crippen LogP contribution in [0.2, 0.25) is 5.02 Å². The third kappa shape index (κ3) is 5.29. The van der Waals surface area contributed by atoms with E-state index in [1.807, 2.05) is 6.92 Å². The van der Waals surface area contributed by atoms with Crippen LogP contribution in [-0.4, -0.2) is 23.7 Å². The Morgan fingerprint density at radius 3 is 2.72 bits per heavy atom. The van der Waals surface area contributed by atoms with Crippen molar-refractivity contribution in [2.75, 3.05) is 6.61 Å². The highest BCUT2D eigenvalue weighted by Gasteiger charge is 2.10. The summed E-state index contributed by atoms with van der Waals surface area (Å²) in [5, 5.41) is 15.3. The second-order valence-corrected chi connectivity index (χ2v) is 5.70. The minimum Gasteiger partial charge on any atom is -0.484 e. The molecule has 0 aliphatic rings. The Morgan fingerprint density at radius 1 is 1.28 bits per heavy atom. The molecule has 0 atom stereocenters. The third-order valence-electron chi connectivity index (χ3n) is 3.33. The monoisotopic (exact) mass is 361 g/mol. The number of halogens is 1. The van der Waals surface area contributed by atoms with Crippen molar-refractivity contribution in [3.63, 3.8) is 0 Å². The Hall–Kier alpha value is -2.93. The first kappa shape index (κ1) is 18.4. The number of nitro benzene ring substituents is 1. The SMILES string of the molecule is Cc1cc(OCC(=O)N/N=C\c2ccc(C)c([N+](=O)[O-])c2)ccc1Cl. The van der Waals surface area contributed by atoms with Gasteiger partial charge < -0.3 is 4.74 Å². The topological polar surface area (TPSA) is 93.8 Å². The molecular formula is C17H16ClN3O4. The fourth-order valence-electron chi connectivity index (χ4n) is 1.97.